The molecule has 0 bridgehead atoms. The van der Waals surface area contributed by atoms with E-state index in [2.05, 4.69) is 15.5 Å². The summed E-state index contributed by atoms with van der Waals surface area (Å²) in [4.78, 5) is 30.7. The molecule has 1 saturated heterocycles. The standard InChI is InChI=1S/C17H27N5O5S2/c1-10(2)8-21-15(24)14(16(25)22(9-11(3)4)29(21,26)27)19-20-17-18-13(6-7-23)12(5)28-17/h10-11,23H,6-9H2,1-5H3,(H,18,20). The summed E-state index contributed by atoms with van der Waals surface area (Å²) in [5.41, 5.74) is 2.78. The van der Waals surface area contributed by atoms with Crippen LogP contribution in [-0.2, 0) is 26.2 Å². The Labute approximate surface area is 174 Å². The highest BCUT2D eigenvalue weighted by atomic mass is 32.2. The SMILES string of the molecule is Cc1sc(NN=C2C(=O)N(CC(C)C)S(=O)(=O)N(CC(C)C)C2=O)nc1CCO. The lowest BCUT2D eigenvalue weighted by atomic mass is 10.2. The number of amides is 2. The number of aromatic nitrogens is 1. The van der Waals surface area contributed by atoms with Crippen LogP contribution in [-0.4, -0.2) is 64.3 Å². The molecule has 0 aliphatic carbocycles. The number of carbonyl (C=O) groups excluding carboxylic acids is 2. The molecule has 2 N–H and O–H groups in total. The van der Waals surface area contributed by atoms with E-state index in [4.69, 9.17) is 5.11 Å². The Balaban J connectivity index is 2.40. The van der Waals surface area contributed by atoms with Gasteiger partial charge in [-0.3, -0.25) is 15.0 Å². The molecule has 2 amide bonds. The van der Waals surface area contributed by atoms with Gasteiger partial charge in [0.25, 0.3) is 11.8 Å². The highest BCUT2D eigenvalue weighted by molar-refractivity contribution is 7.88. The minimum Gasteiger partial charge on any atom is -0.396 e. The second-order valence-corrected chi connectivity index (χ2v) is 10.5. The predicted octanol–water partition coefficient (Wildman–Crippen LogP) is 0.982. The predicted molar refractivity (Wildman–Crippen MR) is 111 cm³/mol. The normalized spacial score (nSPS) is 16.9. The Morgan fingerprint density at radius 1 is 1.10 bits per heavy atom. The Hall–Kier alpha value is -2.05. The van der Waals surface area contributed by atoms with Gasteiger partial charge in [0.15, 0.2) is 0 Å². The van der Waals surface area contributed by atoms with Crippen molar-refractivity contribution in [3.63, 3.8) is 0 Å². The van der Waals surface area contributed by atoms with Crippen LogP contribution in [0.25, 0.3) is 0 Å². The quantitative estimate of drug-likeness (QED) is 0.570. The van der Waals surface area contributed by atoms with Crippen molar-refractivity contribution >= 4 is 44.2 Å². The zero-order chi connectivity index (χ0) is 21.9. The van der Waals surface area contributed by atoms with Crippen molar-refractivity contribution in [2.24, 2.45) is 16.9 Å². The van der Waals surface area contributed by atoms with E-state index in [1.165, 1.54) is 11.3 Å². The molecule has 1 aliphatic heterocycles. The fourth-order valence-corrected chi connectivity index (χ4v) is 5.29. The van der Waals surface area contributed by atoms with Crippen molar-refractivity contribution in [3.05, 3.63) is 10.6 Å². The summed E-state index contributed by atoms with van der Waals surface area (Å²) < 4.78 is 27.1. The second-order valence-electron chi connectivity index (χ2n) is 7.54. The van der Waals surface area contributed by atoms with Crippen LogP contribution in [0.15, 0.2) is 5.10 Å². The van der Waals surface area contributed by atoms with E-state index in [1.54, 1.807) is 27.7 Å². The number of aliphatic hydroxyl groups is 1. The largest absolute Gasteiger partial charge is 0.396 e. The van der Waals surface area contributed by atoms with Crippen LogP contribution >= 0.6 is 11.3 Å². The molecular weight excluding hydrogens is 418 g/mol. The van der Waals surface area contributed by atoms with Crippen LogP contribution in [0.2, 0.25) is 0 Å². The first kappa shape index (κ1) is 23.2. The van der Waals surface area contributed by atoms with Gasteiger partial charge in [0, 0.05) is 31.0 Å². The van der Waals surface area contributed by atoms with Crippen molar-refractivity contribution in [3.8, 4) is 0 Å². The smallest absolute Gasteiger partial charge is 0.331 e. The molecule has 1 aliphatic rings. The van der Waals surface area contributed by atoms with Gasteiger partial charge in [-0.05, 0) is 18.8 Å². The van der Waals surface area contributed by atoms with Gasteiger partial charge in [0.05, 0.1) is 5.69 Å². The summed E-state index contributed by atoms with van der Waals surface area (Å²) in [6.45, 7) is 8.79. The van der Waals surface area contributed by atoms with Crippen molar-refractivity contribution in [1.82, 2.24) is 13.6 Å². The Morgan fingerprint density at radius 3 is 2.07 bits per heavy atom. The summed E-state index contributed by atoms with van der Waals surface area (Å²) in [5.74, 6) is -2.17. The Bertz CT molecular complexity index is 869. The molecule has 12 heteroatoms. The third-order valence-corrected chi connectivity index (χ3v) is 6.64. The van der Waals surface area contributed by atoms with Gasteiger partial charge < -0.3 is 5.11 Å². The van der Waals surface area contributed by atoms with Gasteiger partial charge in [0.2, 0.25) is 10.8 Å². The number of thiazole rings is 1. The maximum Gasteiger partial charge on any atom is 0.331 e. The van der Waals surface area contributed by atoms with E-state index in [-0.39, 0.29) is 31.5 Å². The highest BCUT2D eigenvalue weighted by Gasteiger charge is 2.48. The fourth-order valence-electron chi connectivity index (χ4n) is 2.69. The lowest BCUT2D eigenvalue weighted by Gasteiger charge is -2.35. The minimum absolute atomic E-state index is 0.0539. The molecule has 0 spiro atoms. The summed E-state index contributed by atoms with van der Waals surface area (Å²) >= 11 is 1.26. The maximum absolute atomic E-state index is 12.8. The number of aryl methyl sites for hydroxylation is 1. The van der Waals surface area contributed by atoms with Crippen molar-refractivity contribution in [1.29, 1.82) is 0 Å². The first-order valence-corrected chi connectivity index (χ1v) is 11.5. The van der Waals surface area contributed by atoms with E-state index in [0.717, 1.165) is 4.88 Å². The summed E-state index contributed by atoms with van der Waals surface area (Å²) in [6, 6.07) is 0. The average molecular weight is 446 g/mol. The molecule has 0 radical (unpaired) electrons. The number of hydrogen-bond donors (Lipinski definition) is 2. The van der Waals surface area contributed by atoms with Crippen LogP contribution in [0, 0.1) is 18.8 Å². The van der Waals surface area contributed by atoms with Crippen LogP contribution in [0.5, 0.6) is 0 Å². The molecular formula is C17H27N5O5S2. The zero-order valence-electron chi connectivity index (χ0n) is 17.2. The van der Waals surface area contributed by atoms with Gasteiger partial charge in [0.1, 0.15) is 0 Å². The summed E-state index contributed by atoms with van der Waals surface area (Å²) in [5, 5.41) is 13.3. The topological polar surface area (TPSA) is 132 Å². The van der Waals surface area contributed by atoms with Crippen LogP contribution in [0.1, 0.15) is 38.3 Å². The van der Waals surface area contributed by atoms with Gasteiger partial charge in [-0.2, -0.15) is 13.5 Å². The summed E-state index contributed by atoms with van der Waals surface area (Å²) in [7, 11) is -4.26. The molecule has 2 heterocycles. The molecule has 0 atom stereocenters. The van der Waals surface area contributed by atoms with Crippen molar-refractivity contribution in [2.45, 2.75) is 41.0 Å². The van der Waals surface area contributed by atoms with Crippen LogP contribution in [0.3, 0.4) is 0 Å². The number of carbonyl (C=O) groups is 2. The number of aliphatic hydroxyl groups excluding tert-OH is 1. The molecule has 0 unspecified atom stereocenters. The third-order valence-electron chi connectivity index (χ3n) is 3.98. The molecule has 2 rings (SSSR count). The molecule has 0 aromatic carbocycles. The lowest BCUT2D eigenvalue weighted by Crippen LogP contribution is -2.61. The van der Waals surface area contributed by atoms with Crippen molar-refractivity contribution in [2.75, 3.05) is 25.1 Å². The van der Waals surface area contributed by atoms with Gasteiger partial charge >= 0.3 is 10.2 Å². The molecule has 10 nitrogen and oxygen atoms in total. The van der Waals surface area contributed by atoms with E-state index < -0.39 is 27.7 Å². The van der Waals surface area contributed by atoms with E-state index in [0.29, 0.717) is 25.9 Å². The van der Waals surface area contributed by atoms with Crippen LogP contribution in [0.4, 0.5) is 5.13 Å². The van der Waals surface area contributed by atoms with Gasteiger partial charge in [-0.1, -0.05) is 27.7 Å². The molecule has 1 fully saturated rings. The second kappa shape index (κ2) is 9.18. The zero-order valence-corrected chi connectivity index (χ0v) is 18.8. The highest BCUT2D eigenvalue weighted by Crippen LogP contribution is 2.24. The Morgan fingerprint density at radius 2 is 1.62 bits per heavy atom. The third kappa shape index (κ3) is 5.11. The lowest BCUT2D eigenvalue weighted by molar-refractivity contribution is -0.127. The van der Waals surface area contributed by atoms with Gasteiger partial charge in [-0.15, -0.1) is 11.3 Å². The Kier molecular flexibility index (Phi) is 7.35. The molecule has 1 aromatic rings. The number of nitrogens with zero attached hydrogens (tertiary/aromatic N) is 4. The first-order valence-electron chi connectivity index (χ1n) is 9.28. The molecule has 29 heavy (non-hydrogen) atoms. The number of anilines is 1. The van der Waals surface area contributed by atoms with E-state index in [9.17, 15) is 18.0 Å². The van der Waals surface area contributed by atoms with Gasteiger partial charge in [-0.25, -0.2) is 13.6 Å². The van der Waals surface area contributed by atoms with E-state index >= 15 is 0 Å². The summed E-state index contributed by atoms with van der Waals surface area (Å²) in [6.07, 6.45) is 0.376. The number of nitrogens with one attached hydrogen (secondary N) is 1. The monoisotopic (exact) mass is 445 g/mol. The molecule has 162 valence electrons. The van der Waals surface area contributed by atoms with Crippen molar-refractivity contribution < 1.29 is 23.1 Å². The molecule has 1 aromatic heterocycles. The number of hydrogen-bond acceptors (Lipinski definition) is 9. The number of hydrazone groups is 1. The van der Waals surface area contributed by atoms with E-state index in [1.807, 2.05) is 6.92 Å². The maximum atomic E-state index is 12.8. The van der Waals surface area contributed by atoms with Crippen LogP contribution < -0.4 is 5.43 Å². The fraction of sp³-hybridized carbons (Fsp3) is 0.647. The minimum atomic E-state index is -4.26. The average Bonchev–Trinajstić information content (AvgIpc) is 2.95. The number of rotatable bonds is 8. The molecule has 0 saturated carbocycles. The first-order chi connectivity index (χ1) is 13.5.